The van der Waals surface area contributed by atoms with E-state index in [1.165, 1.54) is 12.1 Å². The molecule has 1 N–H and O–H groups in total. The molecule has 0 saturated heterocycles. The zero-order valence-corrected chi connectivity index (χ0v) is 15.8. The van der Waals surface area contributed by atoms with Gasteiger partial charge in [-0.3, -0.25) is 0 Å². The predicted octanol–water partition coefficient (Wildman–Crippen LogP) is 4.42. The normalized spacial score (nSPS) is 11.2. The van der Waals surface area contributed by atoms with Crippen molar-refractivity contribution in [1.29, 1.82) is 0 Å². The van der Waals surface area contributed by atoms with Crippen LogP contribution in [0.1, 0.15) is 29.7 Å². The second-order valence-electron chi connectivity index (χ2n) is 6.58. The van der Waals surface area contributed by atoms with Crippen molar-refractivity contribution in [3.8, 4) is 17.1 Å². The van der Waals surface area contributed by atoms with Gasteiger partial charge in [-0.2, -0.15) is 5.10 Å². The summed E-state index contributed by atoms with van der Waals surface area (Å²) < 4.78 is 26.3. The highest BCUT2D eigenvalue weighted by molar-refractivity contribution is 5.57. The van der Waals surface area contributed by atoms with Gasteiger partial charge in [0.05, 0.1) is 17.9 Å². The van der Waals surface area contributed by atoms with E-state index in [9.17, 15) is 4.39 Å². The van der Waals surface area contributed by atoms with E-state index >= 15 is 0 Å². The van der Waals surface area contributed by atoms with E-state index in [4.69, 9.17) is 8.94 Å². The van der Waals surface area contributed by atoms with Crippen molar-refractivity contribution in [3.63, 3.8) is 0 Å². The summed E-state index contributed by atoms with van der Waals surface area (Å²) in [6, 6.07) is 12.1. The van der Waals surface area contributed by atoms with Crippen LogP contribution < -0.4 is 5.32 Å². The zero-order chi connectivity index (χ0) is 19.5. The Balaban J connectivity index is 1.58. The van der Waals surface area contributed by atoms with Crippen LogP contribution in [0, 0.1) is 12.7 Å². The Kier molecular flexibility index (Phi) is 5.08. The summed E-state index contributed by atoms with van der Waals surface area (Å²) in [5, 5.41) is 12.0. The van der Waals surface area contributed by atoms with Gasteiger partial charge in [-0.15, -0.1) is 0 Å². The van der Waals surface area contributed by atoms with Crippen molar-refractivity contribution in [2.45, 2.75) is 33.4 Å². The van der Waals surface area contributed by atoms with Gasteiger partial charge >= 0.3 is 0 Å². The number of nitrogens with zero attached hydrogens (tertiary/aromatic N) is 3. The molecule has 0 saturated carbocycles. The second kappa shape index (κ2) is 7.82. The number of hydrogen-bond acceptors (Lipinski definition) is 5. The van der Waals surface area contributed by atoms with Crippen molar-refractivity contribution >= 4 is 0 Å². The third-order valence-corrected chi connectivity index (χ3v) is 4.42. The van der Waals surface area contributed by atoms with E-state index in [-0.39, 0.29) is 5.82 Å². The minimum Gasteiger partial charge on any atom is -0.460 e. The predicted molar refractivity (Wildman–Crippen MR) is 102 cm³/mol. The highest BCUT2D eigenvalue weighted by Crippen LogP contribution is 2.26. The van der Waals surface area contributed by atoms with Crippen LogP contribution in [0.3, 0.4) is 0 Å². The average Bonchev–Trinajstić information content (AvgIpc) is 3.41. The quantitative estimate of drug-likeness (QED) is 0.514. The van der Waals surface area contributed by atoms with E-state index in [2.05, 4.69) is 15.6 Å². The van der Waals surface area contributed by atoms with E-state index < -0.39 is 0 Å². The lowest BCUT2D eigenvalue weighted by Crippen LogP contribution is -2.12. The molecule has 0 aliphatic rings. The molecule has 0 radical (unpaired) electrons. The molecule has 0 unspecified atom stereocenters. The SMILES string of the molecule is CCc1cc(CNCc2cn(-c3cccc(F)c3)nc2-c2ccc(C)o2)on1. The van der Waals surface area contributed by atoms with Crippen molar-refractivity contribution in [1.82, 2.24) is 20.3 Å². The fourth-order valence-electron chi connectivity index (χ4n) is 2.99. The molecular weight excluding hydrogens is 359 g/mol. The fraction of sp³-hybridized carbons (Fsp3) is 0.238. The highest BCUT2D eigenvalue weighted by atomic mass is 19.1. The summed E-state index contributed by atoms with van der Waals surface area (Å²) in [6.07, 6.45) is 2.72. The molecule has 1 aromatic carbocycles. The number of aromatic nitrogens is 3. The maximum Gasteiger partial charge on any atom is 0.154 e. The van der Waals surface area contributed by atoms with E-state index in [0.29, 0.717) is 24.5 Å². The van der Waals surface area contributed by atoms with Crippen LogP contribution in [0.5, 0.6) is 0 Å². The van der Waals surface area contributed by atoms with Crippen LogP contribution in [0.2, 0.25) is 0 Å². The summed E-state index contributed by atoms with van der Waals surface area (Å²) in [7, 11) is 0. The first kappa shape index (κ1) is 18.2. The number of aryl methyl sites for hydroxylation is 2. The molecule has 28 heavy (non-hydrogen) atoms. The standard InChI is InChI=1S/C21H21FN4O2/c1-3-17-10-19(28-25-17)12-23-11-15-13-26(18-6-4-5-16(22)9-18)24-21(15)20-8-7-14(2)27-20/h4-10,13,23H,3,11-12H2,1-2H3. The molecule has 0 atom stereocenters. The Labute approximate surface area is 162 Å². The second-order valence-corrected chi connectivity index (χ2v) is 6.58. The van der Waals surface area contributed by atoms with Gasteiger partial charge in [0.25, 0.3) is 0 Å². The maximum absolute atomic E-state index is 13.6. The summed E-state index contributed by atoms with van der Waals surface area (Å²) in [6.45, 7) is 5.02. The van der Waals surface area contributed by atoms with Gasteiger partial charge in [0.2, 0.25) is 0 Å². The topological polar surface area (TPSA) is 69.0 Å². The van der Waals surface area contributed by atoms with Gasteiger partial charge in [0.1, 0.15) is 17.3 Å². The molecule has 0 fully saturated rings. The van der Waals surface area contributed by atoms with E-state index in [1.54, 1.807) is 10.7 Å². The van der Waals surface area contributed by atoms with Crippen LogP contribution in [0.15, 0.2) is 57.6 Å². The molecule has 0 amide bonds. The molecule has 4 aromatic rings. The third kappa shape index (κ3) is 3.89. The van der Waals surface area contributed by atoms with Crippen LogP contribution in [0.4, 0.5) is 4.39 Å². The number of furan rings is 1. The lowest BCUT2D eigenvalue weighted by molar-refractivity contribution is 0.368. The van der Waals surface area contributed by atoms with Crippen LogP contribution >= 0.6 is 0 Å². The first-order valence-corrected chi connectivity index (χ1v) is 9.19. The molecule has 6 nitrogen and oxygen atoms in total. The molecule has 0 aliphatic carbocycles. The Hall–Kier alpha value is -3.19. The summed E-state index contributed by atoms with van der Waals surface area (Å²) in [5.41, 5.74) is 3.24. The van der Waals surface area contributed by atoms with Crippen molar-refractivity contribution in [3.05, 3.63) is 77.3 Å². The molecule has 0 bridgehead atoms. The summed E-state index contributed by atoms with van der Waals surface area (Å²) in [4.78, 5) is 0. The smallest absolute Gasteiger partial charge is 0.154 e. The van der Waals surface area contributed by atoms with Gasteiger partial charge in [-0.1, -0.05) is 18.1 Å². The number of rotatable bonds is 7. The first-order chi connectivity index (χ1) is 13.6. The van der Waals surface area contributed by atoms with Gasteiger partial charge in [0, 0.05) is 24.4 Å². The molecule has 3 aromatic heterocycles. The lowest BCUT2D eigenvalue weighted by Gasteiger charge is -2.01. The zero-order valence-electron chi connectivity index (χ0n) is 15.8. The first-order valence-electron chi connectivity index (χ1n) is 9.19. The minimum absolute atomic E-state index is 0.305. The van der Waals surface area contributed by atoms with E-state index in [1.807, 2.05) is 44.3 Å². The van der Waals surface area contributed by atoms with Crippen molar-refractivity contribution in [2.24, 2.45) is 0 Å². The fourth-order valence-corrected chi connectivity index (χ4v) is 2.99. The Bertz CT molecular complexity index is 1080. The summed E-state index contributed by atoms with van der Waals surface area (Å²) >= 11 is 0. The van der Waals surface area contributed by atoms with Crippen molar-refractivity contribution < 1.29 is 13.3 Å². The minimum atomic E-state index is -0.305. The van der Waals surface area contributed by atoms with E-state index in [0.717, 1.165) is 34.9 Å². The lowest BCUT2D eigenvalue weighted by atomic mass is 10.2. The number of hydrogen-bond donors (Lipinski definition) is 1. The third-order valence-electron chi connectivity index (χ3n) is 4.42. The number of benzene rings is 1. The van der Waals surface area contributed by atoms with Crippen LogP contribution in [-0.2, 0) is 19.5 Å². The van der Waals surface area contributed by atoms with Crippen LogP contribution in [-0.4, -0.2) is 14.9 Å². The summed E-state index contributed by atoms with van der Waals surface area (Å²) in [5.74, 6) is 1.96. The van der Waals surface area contributed by atoms with Gasteiger partial charge < -0.3 is 14.3 Å². The molecule has 0 spiro atoms. The van der Waals surface area contributed by atoms with Gasteiger partial charge in [0.15, 0.2) is 11.5 Å². The molecule has 7 heteroatoms. The molecule has 4 rings (SSSR count). The molecular formula is C21H21FN4O2. The van der Waals surface area contributed by atoms with Crippen molar-refractivity contribution in [2.75, 3.05) is 0 Å². The molecule has 144 valence electrons. The number of nitrogens with one attached hydrogen (secondary N) is 1. The Morgan fingerprint density at radius 3 is 2.75 bits per heavy atom. The maximum atomic E-state index is 13.6. The average molecular weight is 380 g/mol. The monoisotopic (exact) mass is 380 g/mol. The van der Waals surface area contributed by atoms with Gasteiger partial charge in [-0.05, 0) is 43.7 Å². The number of halogens is 1. The Morgan fingerprint density at radius 2 is 2.04 bits per heavy atom. The largest absolute Gasteiger partial charge is 0.460 e. The molecule has 0 aliphatic heterocycles. The Morgan fingerprint density at radius 1 is 1.14 bits per heavy atom. The van der Waals surface area contributed by atoms with Crippen LogP contribution in [0.25, 0.3) is 17.1 Å². The molecule has 3 heterocycles. The highest BCUT2D eigenvalue weighted by Gasteiger charge is 2.15. The van der Waals surface area contributed by atoms with Gasteiger partial charge in [-0.25, -0.2) is 9.07 Å².